The lowest BCUT2D eigenvalue weighted by molar-refractivity contribution is -0.138. The number of aliphatic carboxylic acids is 1. The topological polar surface area (TPSA) is 96.9 Å². The summed E-state index contributed by atoms with van der Waals surface area (Å²) in [5, 5.41) is 14.7. The van der Waals surface area contributed by atoms with E-state index in [1.54, 1.807) is 7.11 Å². The number of nitrogens with one attached hydrogen (secondary N) is 2. The summed E-state index contributed by atoms with van der Waals surface area (Å²) < 4.78 is 10.8. The van der Waals surface area contributed by atoms with Crippen molar-refractivity contribution in [3.05, 3.63) is 0 Å². The third-order valence-electron chi connectivity index (χ3n) is 4.50. The van der Waals surface area contributed by atoms with Crippen molar-refractivity contribution in [1.82, 2.24) is 10.6 Å². The minimum Gasteiger partial charge on any atom is -0.481 e. The van der Waals surface area contributed by atoms with Crippen LogP contribution in [0.25, 0.3) is 0 Å². The highest BCUT2D eigenvalue weighted by Crippen LogP contribution is 2.32. The van der Waals surface area contributed by atoms with Gasteiger partial charge in [-0.1, -0.05) is 12.8 Å². The van der Waals surface area contributed by atoms with E-state index in [0.717, 1.165) is 19.3 Å². The largest absolute Gasteiger partial charge is 0.481 e. The van der Waals surface area contributed by atoms with E-state index >= 15 is 0 Å². The molecule has 0 aromatic heterocycles. The van der Waals surface area contributed by atoms with Gasteiger partial charge in [-0.3, -0.25) is 4.79 Å². The van der Waals surface area contributed by atoms with Crippen LogP contribution in [-0.2, 0) is 14.3 Å². The fraction of sp³-hybridized carbons (Fsp3) is 0.857. The first-order valence-corrected chi connectivity index (χ1v) is 7.40. The van der Waals surface area contributed by atoms with Gasteiger partial charge in [0.2, 0.25) is 0 Å². The van der Waals surface area contributed by atoms with Crippen molar-refractivity contribution in [1.29, 1.82) is 0 Å². The minimum absolute atomic E-state index is 0.0288. The number of carboxylic acids is 1. The van der Waals surface area contributed by atoms with Gasteiger partial charge in [-0.25, -0.2) is 4.79 Å². The molecule has 1 aliphatic carbocycles. The molecule has 0 spiro atoms. The van der Waals surface area contributed by atoms with E-state index in [-0.39, 0.29) is 12.5 Å². The molecule has 7 nitrogen and oxygen atoms in total. The van der Waals surface area contributed by atoms with Gasteiger partial charge in [0.1, 0.15) is 5.60 Å². The third kappa shape index (κ3) is 4.07. The molecule has 1 unspecified atom stereocenters. The first-order chi connectivity index (χ1) is 9.99. The fourth-order valence-corrected chi connectivity index (χ4v) is 3.17. The van der Waals surface area contributed by atoms with Gasteiger partial charge in [0.15, 0.2) is 0 Å². The minimum atomic E-state index is -0.880. The van der Waals surface area contributed by atoms with Crippen LogP contribution < -0.4 is 10.6 Å². The van der Waals surface area contributed by atoms with Gasteiger partial charge >= 0.3 is 12.0 Å². The molecule has 21 heavy (non-hydrogen) atoms. The van der Waals surface area contributed by atoms with E-state index in [1.807, 2.05) is 0 Å². The summed E-state index contributed by atoms with van der Waals surface area (Å²) in [7, 11) is 1.61. The fourth-order valence-electron chi connectivity index (χ4n) is 3.17. The number of hydrogen-bond acceptors (Lipinski definition) is 4. The van der Waals surface area contributed by atoms with Crippen LogP contribution in [-0.4, -0.2) is 55.1 Å². The molecule has 1 saturated heterocycles. The quantitative estimate of drug-likeness (QED) is 0.676. The first-order valence-electron chi connectivity index (χ1n) is 7.40. The predicted molar refractivity (Wildman–Crippen MR) is 75.2 cm³/mol. The second kappa shape index (κ2) is 6.62. The monoisotopic (exact) mass is 300 g/mol. The molecule has 2 aliphatic rings. The number of carboxylic acid groups (broad SMARTS) is 1. The lowest BCUT2D eigenvalue weighted by atomic mass is 9.93. The molecule has 1 aliphatic heterocycles. The highest BCUT2D eigenvalue weighted by molar-refractivity contribution is 5.77. The van der Waals surface area contributed by atoms with Gasteiger partial charge in [0, 0.05) is 20.1 Å². The van der Waals surface area contributed by atoms with Crippen LogP contribution in [0.5, 0.6) is 0 Å². The molecule has 0 aromatic carbocycles. The molecular formula is C14H24N2O5. The van der Waals surface area contributed by atoms with Crippen molar-refractivity contribution in [3.8, 4) is 0 Å². The van der Waals surface area contributed by atoms with Crippen LogP contribution in [0.1, 0.15) is 38.5 Å². The zero-order chi connectivity index (χ0) is 15.3. The molecule has 1 atom stereocenters. The second-order valence-electron chi connectivity index (χ2n) is 6.06. The van der Waals surface area contributed by atoms with Crippen LogP contribution in [0, 0.1) is 0 Å². The predicted octanol–water partition coefficient (Wildman–Crippen LogP) is 0.879. The Balaban J connectivity index is 1.86. The Labute approximate surface area is 124 Å². The maximum Gasteiger partial charge on any atom is 0.315 e. The molecule has 0 radical (unpaired) electrons. The average Bonchev–Trinajstić information content (AvgIpc) is 3.06. The molecule has 1 saturated carbocycles. The number of amides is 2. The molecule has 7 heteroatoms. The summed E-state index contributed by atoms with van der Waals surface area (Å²) in [6, 6.07) is -0.332. The van der Waals surface area contributed by atoms with Gasteiger partial charge in [0.05, 0.1) is 25.1 Å². The zero-order valence-corrected chi connectivity index (χ0v) is 12.4. The Morgan fingerprint density at radius 3 is 2.52 bits per heavy atom. The summed E-state index contributed by atoms with van der Waals surface area (Å²) in [5.41, 5.74) is -1.07. The Bertz CT molecular complexity index is 387. The summed E-state index contributed by atoms with van der Waals surface area (Å²) >= 11 is 0. The summed E-state index contributed by atoms with van der Waals surface area (Å²) in [4.78, 5) is 23.1. The Morgan fingerprint density at radius 2 is 2.00 bits per heavy atom. The Morgan fingerprint density at radius 1 is 1.29 bits per heavy atom. The number of urea groups is 1. The molecule has 2 rings (SSSR count). The highest BCUT2D eigenvalue weighted by Gasteiger charge is 2.39. The van der Waals surface area contributed by atoms with Crippen molar-refractivity contribution >= 4 is 12.0 Å². The Hall–Kier alpha value is -1.34. The SMILES string of the molecule is COC1(CNC(=O)NC2(CC(=O)O)CCCC2)CCOC1. The Kier molecular flexibility index (Phi) is 5.05. The van der Waals surface area contributed by atoms with Crippen LogP contribution in [0.4, 0.5) is 4.79 Å². The number of carbonyl (C=O) groups is 2. The average molecular weight is 300 g/mol. The molecule has 0 aromatic rings. The summed E-state index contributed by atoms with van der Waals surface area (Å²) in [5.74, 6) is -0.880. The molecule has 3 N–H and O–H groups in total. The maximum atomic E-state index is 12.1. The molecular weight excluding hydrogens is 276 g/mol. The van der Waals surface area contributed by atoms with Crippen molar-refractivity contribution in [2.24, 2.45) is 0 Å². The number of ether oxygens (including phenoxy) is 2. The lowest BCUT2D eigenvalue weighted by Crippen LogP contribution is -2.54. The second-order valence-corrected chi connectivity index (χ2v) is 6.06. The van der Waals surface area contributed by atoms with Crippen molar-refractivity contribution in [2.75, 3.05) is 26.9 Å². The lowest BCUT2D eigenvalue weighted by Gasteiger charge is -2.30. The smallest absolute Gasteiger partial charge is 0.315 e. The first kappa shape index (κ1) is 16.0. The number of hydrogen-bond donors (Lipinski definition) is 3. The number of methoxy groups -OCH3 is 1. The van der Waals surface area contributed by atoms with Gasteiger partial charge in [0.25, 0.3) is 0 Å². The molecule has 0 bridgehead atoms. The van der Waals surface area contributed by atoms with Gasteiger partial charge < -0.3 is 25.2 Å². The van der Waals surface area contributed by atoms with Crippen molar-refractivity contribution in [3.63, 3.8) is 0 Å². The molecule has 2 fully saturated rings. The normalized spacial score (nSPS) is 27.5. The van der Waals surface area contributed by atoms with Crippen LogP contribution in [0.2, 0.25) is 0 Å². The third-order valence-corrected chi connectivity index (χ3v) is 4.50. The standard InChI is InChI=1S/C14H24N2O5/c1-20-14(6-7-21-10-14)9-15-12(19)16-13(8-11(17)18)4-2-3-5-13/h2-10H2,1H3,(H,17,18)(H2,15,16,19). The van der Waals surface area contributed by atoms with Gasteiger partial charge in [-0.15, -0.1) is 0 Å². The van der Waals surface area contributed by atoms with Crippen molar-refractivity contribution in [2.45, 2.75) is 49.7 Å². The van der Waals surface area contributed by atoms with Crippen molar-refractivity contribution < 1.29 is 24.2 Å². The van der Waals surface area contributed by atoms with Gasteiger partial charge in [-0.2, -0.15) is 0 Å². The van der Waals surface area contributed by atoms with Crippen LogP contribution in [0.15, 0.2) is 0 Å². The van der Waals surface area contributed by atoms with E-state index in [4.69, 9.17) is 14.6 Å². The van der Waals surface area contributed by atoms with E-state index in [0.29, 0.717) is 32.6 Å². The maximum absolute atomic E-state index is 12.1. The van der Waals surface area contributed by atoms with Crippen LogP contribution in [0.3, 0.4) is 0 Å². The molecule has 2 amide bonds. The number of rotatable bonds is 6. The van der Waals surface area contributed by atoms with E-state index in [2.05, 4.69) is 10.6 Å². The highest BCUT2D eigenvalue weighted by atomic mass is 16.5. The van der Waals surface area contributed by atoms with Crippen LogP contribution >= 0.6 is 0 Å². The van der Waals surface area contributed by atoms with E-state index in [1.165, 1.54) is 0 Å². The number of carbonyl (C=O) groups excluding carboxylic acids is 1. The molecule has 1 heterocycles. The summed E-state index contributed by atoms with van der Waals surface area (Å²) in [6.07, 6.45) is 4.03. The van der Waals surface area contributed by atoms with E-state index < -0.39 is 17.1 Å². The summed E-state index contributed by atoms with van der Waals surface area (Å²) in [6.45, 7) is 1.45. The zero-order valence-electron chi connectivity index (χ0n) is 12.4. The molecule has 120 valence electrons. The van der Waals surface area contributed by atoms with Gasteiger partial charge in [-0.05, 0) is 12.8 Å². The van der Waals surface area contributed by atoms with E-state index in [9.17, 15) is 9.59 Å².